The number of carbonyl (C=O) groups is 2. The van der Waals surface area contributed by atoms with Crippen LogP contribution >= 0.6 is 0 Å². The molecule has 0 saturated carbocycles. The van der Waals surface area contributed by atoms with Gasteiger partial charge < -0.3 is 14.6 Å². The van der Waals surface area contributed by atoms with Crippen molar-refractivity contribution in [3.8, 4) is 0 Å². The third-order valence-corrected chi connectivity index (χ3v) is 6.02. The molecule has 5 nitrogen and oxygen atoms in total. The fourth-order valence-corrected chi connectivity index (χ4v) is 4.15. The van der Waals surface area contributed by atoms with E-state index in [1.807, 2.05) is 31.7 Å². The van der Waals surface area contributed by atoms with Crippen LogP contribution in [-0.4, -0.2) is 35.8 Å². The maximum absolute atomic E-state index is 13.4. The number of hydrogen-bond donors (Lipinski definition) is 1. The molecule has 2 heterocycles. The molecule has 2 aromatic rings. The van der Waals surface area contributed by atoms with Crippen LogP contribution in [0, 0.1) is 26.7 Å². The molecular formula is C23H32N2O3. The largest absolute Gasteiger partial charge is 0.450 e. The van der Waals surface area contributed by atoms with Gasteiger partial charge in [0, 0.05) is 30.1 Å². The number of hydrogen-bond acceptors (Lipinski definition) is 3. The summed E-state index contributed by atoms with van der Waals surface area (Å²) in [5.74, 6) is 0.216. The van der Waals surface area contributed by atoms with Gasteiger partial charge in [-0.3, -0.25) is 9.59 Å². The highest BCUT2D eigenvalue weighted by atomic mass is 16.3. The average Bonchev–Trinajstić information content (AvgIpc) is 3.03. The van der Waals surface area contributed by atoms with Gasteiger partial charge in [-0.15, -0.1) is 0 Å². The lowest BCUT2D eigenvalue weighted by Crippen LogP contribution is -2.49. The van der Waals surface area contributed by atoms with E-state index in [4.69, 9.17) is 4.42 Å². The second-order valence-electron chi connectivity index (χ2n) is 8.19. The molecule has 5 heteroatoms. The van der Waals surface area contributed by atoms with Gasteiger partial charge in [0.05, 0.1) is 5.92 Å². The minimum atomic E-state index is -0.148. The van der Waals surface area contributed by atoms with Crippen LogP contribution in [0.2, 0.25) is 0 Å². The van der Waals surface area contributed by atoms with Crippen LogP contribution in [0.3, 0.4) is 0 Å². The molecule has 1 aliphatic rings. The summed E-state index contributed by atoms with van der Waals surface area (Å²) in [7, 11) is 0. The predicted octanol–water partition coefficient (Wildman–Crippen LogP) is 4.52. The van der Waals surface area contributed by atoms with E-state index < -0.39 is 0 Å². The second-order valence-corrected chi connectivity index (χ2v) is 8.19. The Morgan fingerprint density at radius 3 is 2.57 bits per heavy atom. The molecule has 0 bridgehead atoms. The molecule has 28 heavy (non-hydrogen) atoms. The van der Waals surface area contributed by atoms with Crippen molar-refractivity contribution in [2.24, 2.45) is 5.92 Å². The average molecular weight is 385 g/mol. The third-order valence-electron chi connectivity index (χ3n) is 6.02. The summed E-state index contributed by atoms with van der Waals surface area (Å²) in [6.45, 7) is 11.3. The fraction of sp³-hybridized carbons (Fsp3) is 0.565. The molecule has 2 atom stereocenters. The van der Waals surface area contributed by atoms with Gasteiger partial charge in [-0.1, -0.05) is 25.5 Å². The zero-order chi connectivity index (χ0) is 20.4. The van der Waals surface area contributed by atoms with E-state index in [1.165, 1.54) is 0 Å². The highest BCUT2D eigenvalue weighted by Crippen LogP contribution is 2.33. The first-order valence-electron chi connectivity index (χ1n) is 10.4. The standard InChI is InChI=1S/C23H32N2O3/c1-6-7-12-24-22(26)18-11-10-16(4)25(13-18)23(27)21-17(5)19-14(2)8-9-15(3)20(19)28-21/h8-9,16,18H,6-7,10-13H2,1-5H3,(H,24,26). The zero-order valence-electron chi connectivity index (χ0n) is 17.7. The molecule has 152 valence electrons. The van der Waals surface area contributed by atoms with E-state index in [-0.39, 0.29) is 23.8 Å². The lowest BCUT2D eigenvalue weighted by atomic mass is 9.92. The normalized spacial score (nSPS) is 19.8. The Morgan fingerprint density at radius 1 is 1.18 bits per heavy atom. The van der Waals surface area contributed by atoms with Crippen LogP contribution in [0.1, 0.15) is 66.8 Å². The molecule has 0 aliphatic carbocycles. The van der Waals surface area contributed by atoms with Crippen LogP contribution in [0.5, 0.6) is 0 Å². The first-order chi connectivity index (χ1) is 13.3. The van der Waals surface area contributed by atoms with Crippen LogP contribution in [0.4, 0.5) is 0 Å². The summed E-state index contributed by atoms with van der Waals surface area (Å²) in [6, 6.07) is 4.19. The number of amides is 2. The van der Waals surface area contributed by atoms with E-state index in [9.17, 15) is 9.59 Å². The summed E-state index contributed by atoms with van der Waals surface area (Å²) in [5.41, 5.74) is 3.82. The van der Waals surface area contributed by atoms with Crippen molar-refractivity contribution in [2.75, 3.05) is 13.1 Å². The highest BCUT2D eigenvalue weighted by Gasteiger charge is 2.35. The van der Waals surface area contributed by atoms with Crippen molar-refractivity contribution < 1.29 is 14.0 Å². The smallest absolute Gasteiger partial charge is 0.290 e. The summed E-state index contributed by atoms with van der Waals surface area (Å²) in [4.78, 5) is 27.7. The summed E-state index contributed by atoms with van der Waals surface area (Å²) in [6.07, 6.45) is 3.68. The molecule has 1 aromatic carbocycles. The topological polar surface area (TPSA) is 62.6 Å². The molecular weight excluding hydrogens is 352 g/mol. The van der Waals surface area contributed by atoms with Crippen molar-refractivity contribution >= 4 is 22.8 Å². The Hall–Kier alpha value is -2.30. The van der Waals surface area contributed by atoms with Gasteiger partial charge in [0.1, 0.15) is 5.58 Å². The van der Waals surface area contributed by atoms with E-state index in [2.05, 4.69) is 25.2 Å². The predicted molar refractivity (Wildman–Crippen MR) is 112 cm³/mol. The van der Waals surface area contributed by atoms with Crippen molar-refractivity contribution in [1.82, 2.24) is 10.2 Å². The Labute approximate surface area is 167 Å². The summed E-state index contributed by atoms with van der Waals surface area (Å²) in [5, 5.41) is 4.04. The number of nitrogens with zero attached hydrogens (tertiary/aromatic N) is 1. The molecule has 0 spiro atoms. The Kier molecular flexibility index (Phi) is 6.11. The first kappa shape index (κ1) is 20.4. The number of likely N-dealkylation sites (tertiary alicyclic amines) is 1. The molecule has 1 aliphatic heterocycles. The molecule has 1 N–H and O–H groups in total. The summed E-state index contributed by atoms with van der Waals surface area (Å²) >= 11 is 0. The maximum atomic E-state index is 13.4. The van der Waals surface area contributed by atoms with Crippen LogP contribution in [0.25, 0.3) is 11.0 Å². The van der Waals surface area contributed by atoms with Crippen LogP contribution in [-0.2, 0) is 4.79 Å². The number of fused-ring (bicyclic) bond motifs is 1. The van der Waals surface area contributed by atoms with E-state index >= 15 is 0 Å². The van der Waals surface area contributed by atoms with Gasteiger partial charge in [-0.05, 0) is 58.1 Å². The number of piperidine rings is 1. The summed E-state index contributed by atoms with van der Waals surface area (Å²) < 4.78 is 6.06. The molecule has 0 radical (unpaired) electrons. The Morgan fingerprint density at radius 2 is 1.89 bits per heavy atom. The second kappa shape index (κ2) is 8.38. The molecule has 2 unspecified atom stereocenters. The number of benzene rings is 1. The minimum Gasteiger partial charge on any atom is -0.450 e. The quantitative estimate of drug-likeness (QED) is 0.771. The first-order valence-corrected chi connectivity index (χ1v) is 10.4. The van der Waals surface area contributed by atoms with Crippen molar-refractivity contribution in [2.45, 2.75) is 66.3 Å². The lowest BCUT2D eigenvalue weighted by Gasteiger charge is -2.37. The van der Waals surface area contributed by atoms with Crippen molar-refractivity contribution in [1.29, 1.82) is 0 Å². The fourth-order valence-electron chi connectivity index (χ4n) is 4.15. The maximum Gasteiger partial charge on any atom is 0.290 e. The molecule has 1 aromatic heterocycles. The van der Waals surface area contributed by atoms with Gasteiger partial charge >= 0.3 is 0 Å². The van der Waals surface area contributed by atoms with Gasteiger partial charge in [0.25, 0.3) is 5.91 Å². The third kappa shape index (κ3) is 3.80. The molecule has 2 amide bonds. The van der Waals surface area contributed by atoms with Crippen LogP contribution in [0.15, 0.2) is 16.5 Å². The van der Waals surface area contributed by atoms with E-state index in [0.29, 0.717) is 18.8 Å². The van der Waals surface area contributed by atoms with Crippen molar-refractivity contribution in [3.05, 3.63) is 34.6 Å². The minimum absolute atomic E-state index is 0.0613. The SMILES string of the molecule is CCCCNC(=O)C1CCC(C)N(C(=O)c2oc3c(C)ccc(C)c3c2C)C1. The van der Waals surface area contributed by atoms with E-state index in [0.717, 1.165) is 53.3 Å². The number of aryl methyl sites for hydroxylation is 3. The number of furan rings is 1. The van der Waals surface area contributed by atoms with Crippen LogP contribution < -0.4 is 5.32 Å². The van der Waals surface area contributed by atoms with Gasteiger partial charge in [0.15, 0.2) is 5.76 Å². The monoisotopic (exact) mass is 384 g/mol. The molecule has 1 saturated heterocycles. The lowest BCUT2D eigenvalue weighted by molar-refractivity contribution is -0.126. The Balaban J connectivity index is 1.84. The number of nitrogens with one attached hydrogen (secondary N) is 1. The Bertz CT molecular complexity index is 884. The zero-order valence-corrected chi connectivity index (χ0v) is 17.7. The number of unbranched alkanes of at least 4 members (excludes halogenated alkanes) is 1. The van der Waals surface area contributed by atoms with E-state index in [1.54, 1.807) is 0 Å². The van der Waals surface area contributed by atoms with Crippen molar-refractivity contribution in [3.63, 3.8) is 0 Å². The van der Waals surface area contributed by atoms with Gasteiger partial charge in [-0.25, -0.2) is 0 Å². The number of rotatable bonds is 5. The van der Waals surface area contributed by atoms with Gasteiger partial charge in [-0.2, -0.15) is 0 Å². The van der Waals surface area contributed by atoms with Gasteiger partial charge in [0.2, 0.25) is 5.91 Å². The molecule has 3 rings (SSSR count). The highest BCUT2D eigenvalue weighted by molar-refractivity contribution is 6.01. The molecule has 1 fully saturated rings. The number of carbonyl (C=O) groups excluding carboxylic acids is 2.